The van der Waals surface area contributed by atoms with Crippen LogP contribution in [0.1, 0.15) is 13.8 Å². The Bertz CT molecular complexity index is 290. The summed E-state index contributed by atoms with van der Waals surface area (Å²) in [4.78, 5) is 0. The lowest BCUT2D eigenvalue weighted by Gasteiger charge is -2.11. The first-order valence-corrected chi connectivity index (χ1v) is 6.23. The monoisotopic (exact) mass is 338 g/mol. The second-order valence-electron chi connectivity index (χ2n) is 2.88. The predicted molar refractivity (Wildman–Crippen MR) is 80.8 cm³/mol. The van der Waals surface area contributed by atoms with E-state index in [1.54, 1.807) is 0 Å². The molecule has 0 aromatic heterocycles. The predicted octanol–water partition coefficient (Wildman–Crippen LogP) is 2.96. The van der Waals surface area contributed by atoms with E-state index in [1.165, 1.54) is 0 Å². The molecule has 0 aliphatic carbocycles. The number of rotatable bonds is 3. The van der Waals surface area contributed by atoms with Crippen LogP contribution in [0.5, 0.6) is 0 Å². The summed E-state index contributed by atoms with van der Waals surface area (Å²) < 4.78 is 5.03. The van der Waals surface area contributed by atoms with Gasteiger partial charge in [0, 0.05) is 6.04 Å². The fourth-order valence-corrected chi connectivity index (χ4v) is 0.919. The summed E-state index contributed by atoms with van der Waals surface area (Å²) in [5, 5.41) is 10.5. The van der Waals surface area contributed by atoms with Crippen molar-refractivity contribution in [2.45, 2.75) is 19.9 Å². The van der Waals surface area contributed by atoms with Crippen LogP contribution < -0.4 is 11.1 Å². The van der Waals surface area contributed by atoms with Crippen molar-refractivity contribution < 1.29 is 9.84 Å². The zero-order valence-corrected chi connectivity index (χ0v) is 13.1. The maximum Gasteiger partial charge on any atom is 0.257 e. The van der Waals surface area contributed by atoms with Crippen LogP contribution >= 0.6 is 59.2 Å². The van der Waals surface area contributed by atoms with Crippen LogP contribution in [0.25, 0.3) is 0 Å². The van der Waals surface area contributed by atoms with Gasteiger partial charge < -0.3 is 20.9 Å². The Labute approximate surface area is 126 Å². The van der Waals surface area contributed by atoms with Gasteiger partial charge in [0.2, 0.25) is 0 Å². The minimum atomic E-state index is -0.500. The molecule has 0 bridgehead atoms. The molecule has 0 heterocycles. The zero-order chi connectivity index (χ0) is 14.0. The molecule has 17 heavy (non-hydrogen) atoms. The highest BCUT2D eigenvalue weighted by atomic mass is 35.5. The van der Waals surface area contributed by atoms with Gasteiger partial charge in [-0.1, -0.05) is 34.8 Å². The average Bonchev–Trinajstić information content (AvgIpc) is 2.11. The molecule has 0 amide bonds. The Morgan fingerprint density at radius 3 is 2.06 bits per heavy atom. The van der Waals surface area contributed by atoms with Gasteiger partial charge in [-0.15, -0.1) is 0 Å². The minimum absolute atomic E-state index is 0.00554. The second-order valence-corrected chi connectivity index (χ2v) is 5.07. The lowest BCUT2D eigenvalue weighted by Crippen LogP contribution is -2.30. The van der Waals surface area contributed by atoms with Crippen molar-refractivity contribution in [3.05, 3.63) is 9.52 Å². The summed E-state index contributed by atoms with van der Waals surface area (Å²) >= 11 is 25.1. The van der Waals surface area contributed by atoms with Crippen molar-refractivity contribution in [1.82, 2.24) is 5.32 Å². The SMILES string of the molecule is CC(C)NC(=S)OCC(Cl)=C(Cl)Cl.NC(O)=S. The molecule has 0 saturated carbocycles. The van der Waals surface area contributed by atoms with E-state index in [-0.39, 0.29) is 27.3 Å². The van der Waals surface area contributed by atoms with E-state index in [1.807, 2.05) is 13.8 Å². The highest BCUT2D eigenvalue weighted by Crippen LogP contribution is 2.17. The lowest BCUT2D eigenvalue weighted by molar-refractivity contribution is 0.334. The molecule has 0 spiro atoms. The Hall–Kier alpha value is -0.0100. The van der Waals surface area contributed by atoms with Crippen LogP contribution in [0.2, 0.25) is 0 Å². The Morgan fingerprint density at radius 2 is 1.76 bits per heavy atom. The van der Waals surface area contributed by atoms with E-state index in [0.717, 1.165) is 0 Å². The summed E-state index contributed by atoms with van der Waals surface area (Å²) in [7, 11) is 0. The molecule has 0 fully saturated rings. The van der Waals surface area contributed by atoms with Crippen molar-refractivity contribution in [3.63, 3.8) is 0 Å². The van der Waals surface area contributed by atoms with E-state index in [0.29, 0.717) is 0 Å². The number of ether oxygens (including phenoxy) is 1. The summed E-state index contributed by atoms with van der Waals surface area (Å²) in [5.74, 6) is 0. The summed E-state index contributed by atoms with van der Waals surface area (Å²) in [5.41, 5.74) is 4.40. The third kappa shape index (κ3) is 18.5. The molecule has 4 nitrogen and oxygen atoms in total. The van der Waals surface area contributed by atoms with Gasteiger partial charge in [-0.25, -0.2) is 0 Å². The van der Waals surface area contributed by atoms with Crippen LogP contribution in [-0.2, 0) is 4.74 Å². The molecule has 0 radical (unpaired) electrons. The van der Waals surface area contributed by atoms with E-state index < -0.39 is 5.17 Å². The van der Waals surface area contributed by atoms with E-state index in [2.05, 4.69) is 23.3 Å². The largest absolute Gasteiger partial charge is 0.487 e. The number of nitrogens with one attached hydrogen (secondary N) is 1. The average molecular weight is 340 g/mol. The standard InChI is InChI=1S/C7H10Cl3NOS.CH3NOS/c1-4(2)11-7(13)12-3-5(8)6(9)10;2-1(3)4/h4H,3H2,1-2H3,(H,11,13);(H3,2,3,4). The molecule has 0 atom stereocenters. The molecule has 0 unspecified atom stereocenters. The van der Waals surface area contributed by atoms with Gasteiger partial charge in [0.05, 0.1) is 5.03 Å². The van der Waals surface area contributed by atoms with Crippen LogP contribution in [-0.4, -0.2) is 28.1 Å². The Kier molecular flexibility index (Phi) is 12.6. The lowest BCUT2D eigenvalue weighted by atomic mass is 10.4. The van der Waals surface area contributed by atoms with Gasteiger partial charge in [0.25, 0.3) is 10.3 Å². The first kappa shape index (κ1) is 19.3. The van der Waals surface area contributed by atoms with E-state index >= 15 is 0 Å². The topological polar surface area (TPSA) is 67.5 Å². The van der Waals surface area contributed by atoms with Crippen LogP contribution in [0, 0.1) is 0 Å². The molecule has 4 N–H and O–H groups in total. The summed E-state index contributed by atoms with van der Waals surface area (Å²) in [6.45, 7) is 3.98. The number of hydrogen-bond donors (Lipinski definition) is 3. The number of aliphatic hydroxyl groups excluding tert-OH is 1. The van der Waals surface area contributed by atoms with Gasteiger partial charge >= 0.3 is 0 Å². The fraction of sp³-hybridized carbons (Fsp3) is 0.500. The van der Waals surface area contributed by atoms with Crippen molar-refractivity contribution in [2.75, 3.05) is 6.61 Å². The van der Waals surface area contributed by atoms with Crippen molar-refractivity contribution in [2.24, 2.45) is 5.73 Å². The second kappa shape index (κ2) is 11.1. The zero-order valence-electron chi connectivity index (χ0n) is 9.17. The van der Waals surface area contributed by atoms with Crippen LogP contribution in [0.3, 0.4) is 0 Å². The number of nitrogens with two attached hydrogens (primary N) is 1. The summed E-state index contributed by atoms with van der Waals surface area (Å²) in [6.07, 6.45) is 0. The molecule has 0 aliphatic heterocycles. The van der Waals surface area contributed by atoms with Crippen LogP contribution in [0.15, 0.2) is 9.52 Å². The number of hydrogen-bond acceptors (Lipinski definition) is 3. The smallest absolute Gasteiger partial charge is 0.257 e. The first-order valence-electron chi connectivity index (χ1n) is 4.28. The van der Waals surface area contributed by atoms with Gasteiger partial charge in [0.1, 0.15) is 11.1 Å². The molecule has 9 heteroatoms. The van der Waals surface area contributed by atoms with Crippen LogP contribution in [0.4, 0.5) is 0 Å². The molecule has 100 valence electrons. The summed E-state index contributed by atoms with van der Waals surface area (Å²) in [6, 6.07) is 0.224. The van der Waals surface area contributed by atoms with Gasteiger partial charge in [-0.05, 0) is 38.3 Å². The van der Waals surface area contributed by atoms with Crippen molar-refractivity contribution in [1.29, 1.82) is 0 Å². The van der Waals surface area contributed by atoms with Crippen molar-refractivity contribution >= 4 is 69.6 Å². The normalized spacial score (nSPS) is 8.82. The molecule has 0 aliphatic rings. The Morgan fingerprint density at radius 1 is 1.35 bits per heavy atom. The maximum absolute atomic E-state index is 7.56. The third-order valence-electron chi connectivity index (χ3n) is 0.942. The van der Waals surface area contributed by atoms with Crippen molar-refractivity contribution in [3.8, 4) is 0 Å². The fourth-order valence-electron chi connectivity index (χ4n) is 0.461. The number of halogens is 3. The molecular weight excluding hydrogens is 327 g/mol. The third-order valence-corrected chi connectivity index (χ3v) is 2.13. The maximum atomic E-state index is 7.56. The van der Waals surface area contributed by atoms with E-state index in [9.17, 15) is 0 Å². The highest BCUT2D eigenvalue weighted by molar-refractivity contribution is 7.80. The molecule has 0 aromatic rings. The molecular formula is C8H13Cl3N2O2S2. The molecule has 0 rings (SSSR count). The number of thiocarbonyl (C=S) groups is 2. The van der Waals surface area contributed by atoms with Gasteiger partial charge in [-0.2, -0.15) is 0 Å². The van der Waals surface area contributed by atoms with Gasteiger partial charge in [-0.3, -0.25) is 0 Å². The van der Waals surface area contributed by atoms with Gasteiger partial charge in [0.15, 0.2) is 0 Å². The minimum Gasteiger partial charge on any atom is -0.487 e. The first-order chi connectivity index (χ1) is 7.66. The Balaban J connectivity index is 0. The highest BCUT2D eigenvalue weighted by Gasteiger charge is 2.03. The van der Waals surface area contributed by atoms with E-state index in [4.69, 9.17) is 56.9 Å². The molecule has 0 aromatic carbocycles. The molecule has 0 saturated heterocycles. The number of aliphatic hydroxyl groups is 1. The quantitative estimate of drug-likeness (QED) is 0.687.